The van der Waals surface area contributed by atoms with Crippen molar-refractivity contribution in [2.75, 3.05) is 37.8 Å². The predicted octanol–water partition coefficient (Wildman–Crippen LogP) is 2.40. The Morgan fingerprint density at radius 1 is 1.28 bits per heavy atom. The van der Waals surface area contributed by atoms with E-state index in [2.05, 4.69) is 10.3 Å². The standard InChI is InChI=1S/C19H20N3O2S/c1-19(13-23)6-2-3-14(4-7-19)17-20-15-5-12-25-16(15)18(21-17)22-8-10-24-11-9-22/h2-7,12H,8-11,13H2,1H3/q-1. The van der Waals surface area contributed by atoms with E-state index in [1.54, 1.807) is 11.3 Å². The fourth-order valence-electron chi connectivity index (χ4n) is 2.97. The summed E-state index contributed by atoms with van der Waals surface area (Å²) in [4.78, 5) is 11.9. The van der Waals surface area contributed by atoms with Crippen LogP contribution in [0, 0.1) is 5.41 Å². The first-order valence-corrected chi connectivity index (χ1v) is 9.32. The number of allylic oxidation sites excluding steroid dienone is 4. The molecule has 2 aliphatic rings. The lowest BCUT2D eigenvalue weighted by Gasteiger charge is -2.28. The second-order valence-corrected chi connectivity index (χ2v) is 7.49. The summed E-state index contributed by atoms with van der Waals surface area (Å²) in [6, 6.07) is 2.04. The largest absolute Gasteiger partial charge is 0.854 e. The van der Waals surface area contributed by atoms with Crippen molar-refractivity contribution >= 4 is 32.9 Å². The van der Waals surface area contributed by atoms with Gasteiger partial charge < -0.3 is 14.7 Å². The van der Waals surface area contributed by atoms with Crippen LogP contribution in [0.25, 0.3) is 15.8 Å². The Hall–Kier alpha value is -2.02. The lowest BCUT2D eigenvalue weighted by molar-refractivity contribution is -0.382. The number of hydrogen-bond donors (Lipinski definition) is 0. The molecule has 0 radical (unpaired) electrons. The Morgan fingerprint density at radius 2 is 2.12 bits per heavy atom. The van der Waals surface area contributed by atoms with E-state index in [1.807, 2.05) is 43.4 Å². The van der Waals surface area contributed by atoms with Gasteiger partial charge in [0.2, 0.25) is 0 Å². The van der Waals surface area contributed by atoms with Gasteiger partial charge in [-0.3, -0.25) is 0 Å². The number of nitrogens with zero attached hydrogens (tertiary/aromatic N) is 3. The van der Waals surface area contributed by atoms with Gasteiger partial charge in [0, 0.05) is 18.7 Å². The first-order chi connectivity index (χ1) is 12.2. The molecule has 5 nitrogen and oxygen atoms in total. The van der Waals surface area contributed by atoms with Gasteiger partial charge in [-0.15, -0.1) is 17.9 Å². The van der Waals surface area contributed by atoms with E-state index >= 15 is 0 Å². The van der Waals surface area contributed by atoms with Crippen molar-refractivity contribution in [2.45, 2.75) is 6.92 Å². The molecule has 1 fully saturated rings. The number of aromatic nitrogens is 2. The van der Waals surface area contributed by atoms with Crippen LogP contribution in [0.5, 0.6) is 0 Å². The highest BCUT2D eigenvalue weighted by Gasteiger charge is 2.20. The van der Waals surface area contributed by atoms with Crippen molar-refractivity contribution in [1.29, 1.82) is 0 Å². The second kappa shape index (κ2) is 6.71. The predicted molar refractivity (Wildman–Crippen MR) is 99.7 cm³/mol. The van der Waals surface area contributed by atoms with Crippen LogP contribution < -0.4 is 10.0 Å². The molecule has 6 heteroatoms. The number of rotatable bonds is 3. The SMILES string of the molecule is CC1(C[O-])C=CC=C(c2nc(N3CCOCC3)c3sccc3n2)C=C1. The monoisotopic (exact) mass is 354 g/mol. The molecule has 1 aliphatic heterocycles. The van der Waals surface area contributed by atoms with Crippen molar-refractivity contribution in [3.63, 3.8) is 0 Å². The quantitative estimate of drug-likeness (QED) is 0.847. The highest BCUT2D eigenvalue weighted by Crippen LogP contribution is 2.32. The summed E-state index contributed by atoms with van der Waals surface area (Å²) in [5.41, 5.74) is 1.43. The molecule has 0 aromatic carbocycles. The van der Waals surface area contributed by atoms with Crippen molar-refractivity contribution in [3.05, 3.63) is 47.7 Å². The van der Waals surface area contributed by atoms with Gasteiger partial charge in [-0.1, -0.05) is 37.3 Å². The number of thiophene rings is 1. The molecule has 2 aromatic heterocycles. The molecular weight excluding hydrogens is 334 g/mol. The first kappa shape index (κ1) is 16.4. The molecular formula is C19H20N3O2S-. The van der Waals surface area contributed by atoms with E-state index in [-0.39, 0.29) is 6.61 Å². The summed E-state index contributed by atoms with van der Waals surface area (Å²) < 4.78 is 6.58. The number of anilines is 1. The Bertz CT molecular complexity index is 865. The summed E-state index contributed by atoms with van der Waals surface area (Å²) in [6.45, 7) is 4.88. The Labute approximate surface area is 151 Å². The summed E-state index contributed by atoms with van der Waals surface area (Å²) >= 11 is 1.67. The lowest BCUT2D eigenvalue weighted by Crippen LogP contribution is -2.37. The molecule has 0 N–H and O–H groups in total. The van der Waals surface area contributed by atoms with E-state index in [0.29, 0.717) is 5.82 Å². The summed E-state index contributed by atoms with van der Waals surface area (Å²) in [7, 11) is 0. The Morgan fingerprint density at radius 3 is 2.92 bits per heavy atom. The average molecular weight is 354 g/mol. The molecule has 3 heterocycles. The van der Waals surface area contributed by atoms with Gasteiger partial charge in [-0.2, -0.15) is 0 Å². The van der Waals surface area contributed by atoms with Gasteiger partial charge in [0.1, 0.15) is 0 Å². The van der Waals surface area contributed by atoms with Crippen LogP contribution in [0.3, 0.4) is 0 Å². The van der Waals surface area contributed by atoms with Crippen LogP contribution in [0.1, 0.15) is 12.7 Å². The molecule has 0 amide bonds. The van der Waals surface area contributed by atoms with E-state index < -0.39 is 5.41 Å². The van der Waals surface area contributed by atoms with Gasteiger partial charge in [0.15, 0.2) is 11.6 Å². The molecule has 1 atom stereocenters. The van der Waals surface area contributed by atoms with Crippen molar-refractivity contribution in [3.8, 4) is 0 Å². The highest BCUT2D eigenvalue weighted by molar-refractivity contribution is 7.17. The molecule has 1 aliphatic carbocycles. The fourth-order valence-corrected chi connectivity index (χ4v) is 3.82. The van der Waals surface area contributed by atoms with Gasteiger partial charge in [-0.25, -0.2) is 9.97 Å². The minimum Gasteiger partial charge on any atom is -0.854 e. The summed E-state index contributed by atoms with van der Waals surface area (Å²) in [5.74, 6) is 1.68. The average Bonchev–Trinajstić information content (AvgIpc) is 3.04. The van der Waals surface area contributed by atoms with Crippen LogP contribution in [-0.4, -0.2) is 42.9 Å². The summed E-state index contributed by atoms with van der Waals surface area (Å²) in [5, 5.41) is 13.5. The maximum Gasteiger partial charge on any atom is 0.162 e. The van der Waals surface area contributed by atoms with Gasteiger partial charge in [-0.05, 0) is 16.9 Å². The van der Waals surface area contributed by atoms with Crippen molar-refractivity contribution in [2.24, 2.45) is 5.41 Å². The lowest BCUT2D eigenvalue weighted by atomic mass is 9.91. The molecule has 1 unspecified atom stereocenters. The maximum atomic E-state index is 11.4. The zero-order valence-corrected chi connectivity index (χ0v) is 15.0. The van der Waals surface area contributed by atoms with Crippen LogP contribution in [0.15, 0.2) is 41.8 Å². The molecule has 1 saturated heterocycles. The number of hydrogen-bond acceptors (Lipinski definition) is 6. The Kier molecular flexibility index (Phi) is 4.41. The molecule has 25 heavy (non-hydrogen) atoms. The highest BCUT2D eigenvalue weighted by atomic mass is 32.1. The van der Waals surface area contributed by atoms with Crippen LogP contribution in [0.2, 0.25) is 0 Å². The van der Waals surface area contributed by atoms with Crippen molar-refractivity contribution < 1.29 is 9.84 Å². The third kappa shape index (κ3) is 3.25. The van der Waals surface area contributed by atoms with E-state index in [9.17, 15) is 5.11 Å². The van der Waals surface area contributed by atoms with Gasteiger partial charge in [0.05, 0.1) is 23.4 Å². The minimum atomic E-state index is -0.461. The van der Waals surface area contributed by atoms with Crippen LogP contribution >= 0.6 is 11.3 Å². The molecule has 2 aromatic rings. The molecule has 0 bridgehead atoms. The van der Waals surface area contributed by atoms with Crippen LogP contribution in [0.4, 0.5) is 5.82 Å². The fraction of sp³-hybridized carbons (Fsp3) is 0.368. The number of ether oxygens (including phenoxy) is 1. The van der Waals surface area contributed by atoms with Gasteiger partial charge >= 0.3 is 0 Å². The maximum absolute atomic E-state index is 11.4. The molecule has 4 rings (SSSR count). The third-order valence-electron chi connectivity index (χ3n) is 4.56. The van der Waals surface area contributed by atoms with E-state index in [0.717, 1.165) is 47.9 Å². The zero-order valence-electron chi connectivity index (χ0n) is 14.1. The first-order valence-electron chi connectivity index (χ1n) is 8.44. The van der Waals surface area contributed by atoms with Crippen LogP contribution in [-0.2, 0) is 4.74 Å². The third-order valence-corrected chi connectivity index (χ3v) is 5.46. The normalized spacial score (nSPS) is 23.8. The van der Waals surface area contributed by atoms with E-state index in [4.69, 9.17) is 14.7 Å². The number of morpholine rings is 1. The summed E-state index contributed by atoms with van der Waals surface area (Å²) in [6.07, 6.45) is 9.77. The smallest absolute Gasteiger partial charge is 0.162 e. The number of fused-ring (bicyclic) bond motifs is 1. The van der Waals surface area contributed by atoms with E-state index in [1.165, 1.54) is 0 Å². The van der Waals surface area contributed by atoms with Gasteiger partial charge in [0.25, 0.3) is 0 Å². The molecule has 130 valence electrons. The van der Waals surface area contributed by atoms with Crippen molar-refractivity contribution in [1.82, 2.24) is 9.97 Å². The molecule has 0 spiro atoms. The second-order valence-electron chi connectivity index (χ2n) is 6.57. The minimum absolute atomic E-state index is 0.176. The Balaban J connectivity index is 1.77. The topological polar surface area (TPSA) is 61.3 Å². The zero-order chi connectivity index (χ0) is 17.3. The molecule has 0 saturated carbocycles.